The summed E-state index contributed by atoms with van der Waals surface area (Å²) in [4.78, 5) is 11.7. The molecule has 1 saturated heterocycles. The number of rotatable bonds is 5. The second kappa shape index (κ2) is 9.19. The quantitative estimate of drug-likeness (QED) is 0.571. The molecule has 3 nitrogen and oxygen atoms in total. The number of ether oxygens (including phenoxy) is 2. The molecule has 3 rings (SSSR count). The SMILES string of the molecule is CCOC(=O)c1ccc(Oc2ccc(C(C)=C3SCCCS3)cc2)cc1. The highest BCUT2D eigenvalue weighted by atomic mass is 32.2. The van der Waals surface area contributed by atoms with Crippen LogP contribution in [-0.4, -0.2) is 24.1 Å². The van der Waals surface area contributed by atoms with Gasteiger partial charge in [-0.2, -0.15) is 0 Å². The van der Waals surface area contributed by atoms with E-state index in [1.807, 2.05) is 35.7 Å². The van der Waals surface area contributed by atoms with Crippen LogP contribution in [0.25, 0.3) is 5.57 Å². The maximum Gasteiger partial charge on any atom is 0.338 e. The van der Waals surface area contributed by atoms with Crippen molar-refractivity contribution < 1.29 is 14.3 Å². The fraction of sp³-hybridized carbons (Fsp3) is 0.286. The molecule has 0 atom stereocenters. The molecule has 2 aromatic rings. The van der Waals surface area contributed by atoms with Crippen LogP contribution >= 0.6 is 23.5 Å². The standard InChI is InChI=1S/C21H22O3S2/c1-3-23-20(22)17-7-11-19(12-8-17)24-18-9-5-16(6-10-18)15(2)21-25-13-4-14-26-21/h5-12H,3-4,13-14H2,1-2H3. The zero-order valence-electron chi connectivity index (χ0n) is 15.0. The van der Waals surface area contributed by atoms with Crippen molar-refractivity contribution in [2.45, 2.75) is 20.3 Å². The Morgan fingerprint density at radius 3 is 2.00 bits per heavy atom. The van der Waals surface area contributed by atoms with Crippen LogP contribution in [0.3, 0.4) is 0 Å². The summed E-state index contributed by atoms with van der Waals surface area (Å²) in [5.74, 6) is 3.58. The highest BCUT2D eigenvalue weighted by Crippen LogP contribution is 2.40. The van der Waals surface area contributed by atoms with Crippen LogP contribution in [0.5, 0.6) is 11.5 Å². The van der Waals surface area contributed by atoms with Gasteiger partial charge in [0.2, 0.25) is 0 Å². The van der Waals surface area contributed by atoms with Gasteiger partial charge in [-0.3, -0.25) is 0 Å². The van der Waals surface area contributed by atoms with E-state index in [1.165, 1.54) is 33.3 Å². The Bertz CT molecular complexity index is 772. The van der Waals surface area contributed by atoms with E-state index < -0.39 is 0 Å². The van der Waals surface area contributed by atoms with Crippen molar-refractivity contribution in [2.24, 2.45) is 0 Å². The van der Waals surface area contributed by atoms with Gasteiger partial charge in [0.15, 0.2) is 0 Å². The van der Waals surface area contributed by atoms with Crippen LogP contribution in [0.4, 0.5) is 0 Å². The van der Waals surface area contributed by atoms with Gasteiger partial charge in [-0.15, -0.1) is 23.5 Å². The Labute approximate surface area is 163 Å². The molecular formula is C21H22O3S2. The molecule has 0 aromatic heterocycles. The van der Waals surface area contributed by atoms with Gasteiger partial charge in [0, 0.05) is 4.24 Å². The number of esters is 1. The lowest BCUT2D eigenvalue weighted by atomic mass is 10.1. The molecule has 2 aromatic carbocycles. The minimum atomic E-state index is -0.314. The molecule has 1 aliphatic heterocycles. The van der Waals surface area contributed by atoms with E-state index in [0.29, 0.717) is 17.9 Å². The molecule has 1 aliphatic rings. The molecule has 0 radical (unpaired) electrons. The maximum atomic E-state index is 11.7. The first-order valence-electron chi connectivity index (χ1n) is 8.69. The second-order valence-electron chi connectivity index (χ2n) is 5.83. The molecule has 0 saturated carbocycles. The van der Waals surface area contributed by atoms with E-state index in [2.05, 4.69) is 19.1 Å². The van der Waals surface area contributed by atoms with E-state index >= 15 is 0 Å². The third-order valence-corrected chi connectivity index (χ3v) is 6.78. The first kappa shape index (κ1) is 18.9. The Balaban J connectivity index is 1.66. The normalized spacial score (nSPS) is 14.0. The van der Waals surface area contributed by atoms with Crippen LogP contribution in [0.15, 0.2) is 52.8 Å². The lowest BCUT2D eigenvalue weighted by Crippen LogP contribution is -2.03. The molecule has 1 heterocycles. The number of benzene rings is 2. The molecule has 0 spiro atoms. The molecule has 26 heavy (non-hydrogen) atoms. The first-order valence-corrected chi connectivity index (χ1v) is 10.7. The molecule has 0 N–H and O–H groups in total. The van der Waals surface area contributed by atoms with Crippen molar-refractivity contribution in [2.75, 3.05) is 18.1 Å². The van der Waals surface area contributed by atoms with Gasteiger partial charge in [0.1, 0.15) is 11.5 Å². The molecule has 0 aliphatic carbocycles. The van der Waals surface area contributed by atoms with E-state index in [0.717, 1.165) is 5.75 Å². The first-order chi connectivity index (χ1) is 12.7. The molecule has 1 fully saturated rings. The molecule has 0 unspecified atom stereocenters. The second-order valence-corrected chi connectivity index (χ2v) is 8.30. The summed E-state index contributed by atoms with van der Waals surface area (Å²) in [7, 11) is 0. The average Bonchev–Trinajstić information content (AvgIpc) is 2.69. The Morgan fingerprint density at radius 1 is 0.923 bits per heavy atom. The fourth-order valence-corrected chi connectivity index (χ4v) is 5.18. The minimum absolute atomic E-state index is 0.314. The van der Waals surface area contributed by atoms with Crippen LogP contribution in [0.1, 0.15) is 36.2 Å². The fourth-order valence-electron chi connectivity index (χ4n) is 2.55. The van der Waals surface area contributed by atoms with Crippen molar-refractivity contribution >= 4 is 35.1 Å². The lowest BCUT2D eigenvalue weighted by molar-refractivity contribution is 0.0526. The Morgan fingerprint density at radius 2 is 1.46 bits per heavy atom. The van der Waals surface area contributed by atoms with Crippen molar-refractivity contribution in [3.63, 3.8) is 0 Å². The zero-order valence-corrected chi connectivity index (χ0v) is 16.6. The predicted octanol–water partition coefficient (Wildman–Crippen LogP) is 6.21. The summed E-state index contributed by atoms with van der Waals surface area (Å²) < 4.78 is 12.3. The Hall–Kier alpha value is -1.85. The predicted molar refractivity (Wildman–Crippen MR) is 111 cm³/mol. The van der Waals surface area contributed by atoms with Crippen LogP contribution in [0, 0.1) is 0 Å². The van der Waals surface area contributed by atoms with Gasteiger partial charge in [-0.25, -0.2) is 4.79 Å². The number of thioether (sulfide) groups is 2. The van der Waals surface area contributed by atoms with Crippen molar-refractivity contribution in [3.05, 3.63) is 63.9 Å². The minimum Gasteiger partial charge on any atom is -0.462 e. The topological polar surface area (TPSA) is 35.5 Å². The number of hydrogen-bond acceptors (Lipinski definition) is 5. The van der Waals surface area contributed by atoms with Crippen LogP contribution < -0.4 is 4.74 Å². The highest BCUT2D eigenvalue weighted by molar-refractivity contribution is 8.23. The molecule has 0 amide bonds. The van der Waals surface area contributed by atoms with Gasteiger partial charge in [-0.1, -0.05) is 12.1 Å². The van der Waals surface area contributed by atoms with E-state index in [4.69, 9.17) is 9.47 Å². The number of hydrogen-bond donors (Lipinski definition) is 0. The van der Waals surface area contributed by atoms with E-state index in [1.54, 1.807) is 31.2 Å². The van der Waals surface area contributed by atoms with Gasteiger partial charge in [0.25, 0.3) is 0 Å². The summed E-state index contributed by atoms with van der Waals surface area (Å²) in [6.45, 7) is 4.35. The highest BCUT2D eigenvalue weighted by Gasteiger charge is 2.11. The molecule has 0 bridgehead atoms. The van der Waals surface area contributed by atoms with E-state index in [9.17, 15) is 4.79 Å². The van der Waals surface area contributed by atoms with Crippen LogP contribution in [-0.2, 0) is 4.74 Å². The summed E-state index contributed by atoms with van der Waals surface area (Å²) in [5, 5.41) is 0. The monoisotopic (exact) mass is 386 g/mol. The third-order valence-electron chi connectivity index (χ3n) is 3.95. The number of carbonyl (C=O) groups excluding carboxylic acids is 1. The van der Waals surface area contributed by atoms with Gasteiger partial charge >= 0.3 is 5.97 Å². The van der Waals surface area contributed by atoms with E-state index in [-0.39, 0.29) is 5.97 Å². The molecule has 5 heteroatoms. The average molecular weight is 387 g/mol. The van der Waals surface area contributed by atoms with Crippen molar-refractivity contribution in [3.8, 4) is 11.5 Å². The number of carbonyl (C=O) groups is 1. The summed E-state index contributed by atoms with van der Waals surface area (Å²) in [6, 6.07) is 15.2. The van der Waals surface area contributed by atoms with Gasteiger partial charge in [0.05, 0.1) is 12.2 Å². The number of allylic oxidation sites excluding steroid dienone is 1. The van der Waals surface area contributed by atoms with Gasteiger partial charge < -0.3 is 9.47 Å². The summed E-state index contributed by atoms with van der Waals surface area (Å²) in [6.07, 6.45) is 1.29. The third kappa shape index (κ3) is 4.86. The zero-order chi connectivity index (χ0) is 18.4. The smallest absolute Gasteiger partial charge is 0.338 e. The summed E-state index contributed by atoms with van der Waals surface area (Å²) in [5.41, 5.74) is 3.09. The largest absolute Gasteiger partial charge is 0.462 e. The molecular weight excluding hydrogens is 364 g/mol. The summed E-state index contributed by atoms with van der Waals surface area (Å²) >= 11 is 3.91. The van der Waals surface area contributed by atoms with Crippen LogP contribution in [0.2, 0.25) is 0 Å². The molecule has 136 valence electrons. The Kier molecular flexibility index (Phi) is 6.69. The van der Waals surface area contributed by atoms with Crippen molar-refractivity contribution in [1.29, 1.82) is 0 Å². The van der Waals surface area contributed by atoms with Crippen molar-refractivity contribution in [1.82, 2.24) is 0 Å². The lowest BCUT2D eigenvalue weighted by Gasteiger charge is -2.16. The maximum absolute atomic E-state index is 11.7. The van der Waals surface area contributed by atoms with Gasteiger partial charge in [-0.05, 0) is 79.3 Å².